The van der Waals surface area contributed by atoms with E-state index in [9.17, 15) is 9.59 Å². The van der Waals surface area contributed by atoms with E-state index >= 15 is 0 Å². The molecule has 0 aliphatic carbocycles. The molecule has 0 spiro atoms. The quantitative estimate of drug-likeness (QED) is 0.688. The van der Waals surface area contributed by atoms with Gasteiger partial charge in [-0.3, -0.25) is 9.78 Å². The average Bonchev–Trinajstić information content (AvgIpc) is 2.96. The minimum absolute atomic E-state index is 0.0936. The van der Waals surface area contributed by atoms with Crippen LogP contribution >= 0.6 is 0 Å². The van der Waals surface area contributed by atoms with Gasteiger partial charge in [0, 0.05) is 26.3 Å². The van der Waals surface area contributed by atoms with Crippen molar-refractivity contribution in [1.82, 2.24) is 24.4 Å². The Kier molecular flexibility index (Phi) is 4.12. The molecule has 27 heavy (non-hydrogen) atoms. The molecule has 4 heterocycles. The smallest absolute Gasteiger partial charge is 0.333 e. The molecule has 0 saturated carbocycles. The monoisotopic (exact) mass is 362 g/mol. The number of aromatic amines is 1. The van der Waals surface area contributed by atoms with Gasteiger partial charge in [-0.25, -0.2) is 19.3 Å². The number of imidazole rings is 1. The first-order chi connectivity index (χ1) is 13.1. The first-order valence-electron chi connectivity index (χ1n) is 8.57. The zero-order chi connectivity index (χ0) is 19.0. The SMILES string of the molecule is CC#CCN1CCN(C)C(=O)c2ccc(-n3c(=O)[nH]c4ncccc43)nc21. The van der Waals surface area contributed by atoms with Crippen LogP contribution in [0.4, 0.5) is 5.82 Å². The van der Waals surface area contributed by atoms with Crippen molar-refractivity contribution < 1.29 is 4.79 Å². The van der Waals surface area contributed by atoms with Gasteiger partial charge in [0.2, 0.25) is 0 Å². The Morgan fingerprint density at radius 2 is 2.07 bits per heavy atom. The number of rotatable bonds is 2. The van der Waals surface area contributed by atoms with E-state index in [1.165, 1.54) is 4.57 Å². The number of hydrogen-bond donors (Lipinski definition) is 1. The highest BCUT2D eigenvalue weighted by atomic mass is 16.2. The number of amides is 1. The molecule has 4 rings (SSSR count). The molecule has 136 valence electrons. The molecule has 0 fully saturated rings. The fourth-order valence-electron chi connectivity index (χ4n) is 3.15. The topological polar surface area (TPSA) is 87.1 Å². The molecule has 0 unspecified atom stereocenters. The second kappa shape index (κ2) is 6.61. The highest BCUT2D eigenvalue weighted by Crippen LogP contribution is 2.24. The van der Waals surface area contributed by atoms with E-state index in [2.05, 4.69) is 26.8 Å². The number of anilines is 1. The van der Waals surface area contributed by atoms with Gasteiger partial charge < -0.3 is 9.80 Å². The van der Waals surface area contributed by atoms with E-state index in [1.807, 2.05) is 4.90 Å². The Bertz CT molecular complexity index is 1150. The van der Waals surface area contributed by atoms with Gasteiger partial charge in [0.05, 0.1) is 17.6 Å². The van der Waals surface area contributed by atoms with Crippen LogP contribution in [0.5, 0.6) is 0 Å². The molecule has 3 aromatic heterocycles. The average molecular weight is 362 g/mol. The Morgan fingerprint density at radius 3 is 2.89 bits per heavy atom. The minimum atomic E-state index is -0.326. The van der Waals surface area contributed by atoms with Crippen LogP contribution in [0.15, 0.2) is 35.3 Å². The zero-order valence-corrected chi connectivity index (χ0v) is 15.1. The number of fused-ring (bicyclic) bond motifs is 2. The molecule has 1 aliphatic heterocycles. The predicted octanol–water partition coefficient (Wildman–Crippen LogP) is 1.02. The van der Waals surface area contributed by atoms with E-state index < -0.39 is 0 Å². The van der Waals surface area contributed by atoms with Gasteiger partial charge in [-0.15, -0.1) is 5.92 Å². The fraction of sp³-hybridized carbons (Fsp3) is 0.263. The lowest BCUT2D eigenvalue weighted by atomic mass is 10.2. The number of pyridine rings is 2. The van der Waals surface area contributed by atoms with Crippen LogP contribution in [0, 0.1) is 11.8 Å². The van der Waals surface area contributed by atoms with Crippen LogP contribution in [0.1, 0.15) is 17.3 Å². The second-order valence-corrected chi connectivity index (χ2v) is 6.25. The Balaban J connectivity index is 1.91. The Hall–Kier alpha value is -3.60. The van der Waals surface area contributed by atoms with Crippen LogP contribution in [-0.4, -0.2) is 57.0 Å². The summed E-state index contributed by atoms with van der Waals surface area (Å²) in [5.74, 6) is 6.79. The van der Waals surface area contributed by atoms with Gasteiger partial charge in [-0.2, -0.15) is 0 Å². The molecule has 0 bridgehead atoms. The molecule has 8 nitrogen and oxygen atoms in total. The predicted molar refractivity (Wildman–Crippen MR) is 102 cm³/mol. The standard InChI is InChI=1S/C19H18N6O2/c1-3-4-10-24-12-11-23(2)18(26)13-7-8-15(21-17(13)24)25-14-6-5-9-20-16(14)22-19(25)27/h5-9H,10-12H2,1-2H3,(H,20,22,27). The third-order valence-corrected chi connectivity index (χ3v) is 4.57. The summed E-state index contributed by atoms with van der Waals surface area (Å²) in [4.78, 5) is 40.3. The van der Waals surface area contributed by atoms with Gasteiger partial charge in [-0.1, -0.05) is 5.92 Å². The Labute approximate surface area is 155 Å². The summed E-state index contributed by atoms with van der Waals surface area (Å²) in [6.07, 6.45) is 1.62. The summed E-state index contributed by atoms with van der Waals surface area (Å²) in [7, 11) is 1.77. The normalized spacial score (nSPS) is 13.9. The summed E-state index contributed by atoms with van der Waals surface area (Å²) in [5, 5.41) is 0. The number of aromatic nitrogens is 4. The highest BCUT2D eigenvalue weighted by molar-refractivity contribution is 5.99. The van der Waals surface area contributed by atoms with Crippen molar-refractivity contribution in [3.05, 3.63) is 46.5 Å². The molecular formula is C19H18N6O2. The number of carbonyl (C=O) groups is 1. The Morgan fingerprint density at radius 1 is 1.22 bits per heavy atom. The van der Waals surface area contributed by atoms with Crippen molar-refractivity contribution in [1.29, 1.82) is 0 Å². The lowest BCUT2D eigenvalue weighted by molar-refractivity contribution is 0.0804. The van der Waals surface area contributed by atoms with Crippen molar-refractivity contribution in [3.63, 3.8) is 0 Å². The third-order valence-electron chi connectivity index (χ3n) is 4.57. The summed E-state index contributed by atoms with van der Waals surface area (Å²) < 4.78 is 1.46. The molecule has 1 N–H and O–H groups in total. The number of nitrogens with zero attached hydrogens (tertiary/aromatic N) is 5. The van der Waals surface area contributed by atoms with E-state index in [4.69, 9.17) is 0 Å². The van der Waals surface area contributed by atoms with Crippen LogP contribution in [0.2, 0.25) is 0 Å². The van der Waals surface area contributed by atoms with Crippen molar-refractivity contribution in [2.24, 2.45) is 0 Å². The van der Waals surface area contributed by atoms with Gasteiger partial charge in [0.15, 0.2) is 5.65 Å². The highest BCUT2D eigenvalue weighted by Gasteiger charge is 2.26. The molecule has 0 aromatic carbocycles. The minimum Gasteiger partial charge on any atom is -0.343 e. The number of hydrogen-bond acceptors (Lipinski definition) is 5. The number of likely N-dealkylation sites (N-methyl/N-ethyl adjacent to an activating group) is 1. The van der Waals surface area contributed by atoms with E-state index in [1.54, 1.807) is 49.3 Å². The maximum Gasteiger partial charge on any atom is 0.333 e. The second-order valence-electron chi connectivity index (χ2n) is 6.25. The van der Waals surface area contributed by atoms with Crippen molar-refractivity contribution in [3.8, 4) is 17.7 Å². The van der Waals surface area contributed by atoms with Gasteiger partial charge in [-0.05, 0) is 31.2 Å². The maximum atomic E-state index is 12.7. The van der Waals surface area contributed by atoms with Crippen LogP contribution in [0.25, 0.3) is 17.0 Å². The van der Waals surface area contributed by atoms with Gasteiger partial charge in [0.25, 0.3) is 5.91 Å². The number of nitrogens with one attached hydrogen (secondary N) is 1. The molecule has 1 amide bonds. The summed E-state index contributed by atoms with van der Waals surface area (Å²) >= 11 is 0. The maximum absolute atomic E-state index is 12.7. The third kappa shape index (κ3) is 2.83. The molecule has 3 aromatic rings. The summed E-state index contributed by atoms with van der Waals surface area (Å²) in [5.41, 5.74) is 1.30. The molecule has 0 radical (unpaired) electrons. The van der Waals surface area contributed by atoms with E-state index in [-0.39, 0.29) is 11.6 Å². The number of carbonyl (C=O) groups excluding carboxylic acids is 1. The van der Waals surface area contributed by atoms with E-state index in [0.717, 1.165) is 0 Å². The van der Waals surface area contributed by atoms with Crippen molar-refractivity contribution >= 4 is 22.9 Å². The molecule has 1 aliphatic rings. The van der Waals surface area contributed by atoms with E-state index in [0.29, 0.717) is 48.0 Å². The summed E-state index contributed by atoms with van der Waals surface area (Å²) in [6.45, 7) is 3.43. The molecular weight excluding hydrogens is 344 g/mol. The largest absolute Gasteiger partial charge is 0.343 e. The van der Waals surface area contributed by atoms with Crippen LogP contribution < -0.4 is 10.6 Å². The van der Waals surface area contributed by atoms with Gasteiger partial charge in [0.1, 0.15) is 11.6 Å². The fourth-order valence-corrected chi connectivity index (χ4v) is 3.15. The first kappa shape index (κ1) is 16.8. The summed E-state index contributed by atoms with van der Waals surface area (Å²) in [6, 6.07) is 6.96. The van der Waals surface area contributed by atoms with Gasteiger partial charge >= 0.3 is 5.69 Å². The lowest BCUT2D eigenvalue weighted by Crippen LogP contribution is -2.32. The molecule has 0 atom stereocenters. The molecule has 8 heteroatoms. The first-order valence-corrected chi connectivity index (χ1v) is 8.57. The van der Waals surface area contributed by atoms with Crippen molar-refractivity contribution in [2.75, 3.05) is 31.6 Å². The molecule has 0 saturated heterocycles. The van der Waals surface area contributed by atoms with Crippen LogP contribution in [-0.2, 0) is 0 Å². The number of H-pyrrole nitrogens is 1. The van der Waals surface area contributed by atoms with Crippen molar-refractivity contribution in [2.45, 2.75) is 6.92 Å². The van der Waals surface area contributed by atoms with Crippen LogP contribution in [0.3, 0.4) is 0 Å². The lowest BCUT2D eigenvalue weighted by Gasteiger charge is -2.21. The zero-order valence-electron chi connectivity index (χ0n) is 15.1.